The highest BCUT2D eigenvalue weighted by atomic mass is 79.9. The number of anilines is 1. The molecule has 3 heterocycles. The Morgan fingerprint density at radius 2 is 2.26 bits per heavy atom. The number of methoxy groups -OCH3 is 1. The summed E-state index contributed by atoms with van der Waals surface area (Å²) in [7, 11) is 1.67. The highest BCUT2D eigenvalue weighted by Gasteiger charge is 2.21. The third kappa shape index (κ3) is 2.60. The predicted molar refractivity (Wildman–Crippen MR) is 90.4 cm³/mol. The topological polar surface area (TPSA) is 55.6 Å². The maximum Gasteiger partial charge on any atom is 0.254 e. The summed E-state index contributed by atoms with van der Waals surface area (Å²) in [5.41, 5.74) is 3.59. The van der Waals surface area contributed by atoms with Crippen LogP contribution in [0.1, 0.15) is 16.8 Å². The summed E-state index contributed by atoms with van der Waals surface area (Å²) < 4.78 is 8.17. The number of ether oxygens (including phenoxy) is 1. The number of fused-ring (bicyclic) bond motifs is 2. The maximum atomic E-state index is 5.23. The molecule has 0 atom stereocenters. The van der Waals surface area contributed by atoms with Gasteiger partial charge in [-0.2, -0.15) is 14.6 Å². The van der Waals surface area contributed by atoms with Crippen LogP contribution in [0.5, 0.6) is 0 Å². The van der Waals surface area contributed by atoms with Crippen LogP contribution in [-0.4, -0.2) is 33.2 Å². The van der Waals surface area contributed by atoms with Crippen molar-refractivity contribution in [2.75, 3.05) is 18.6 Å². The fraction of sp³-hybridized carbons (Fsp3) is 0.312. The molecule has 0 unspecified atom stereocenters. The molecule has 3 aromatic rings. The number of hydrogen-bond acceptors (Lipinski definition) is 5. The van der Waals surface area contributed by atoms with E-state index in [1.54, 1.807) is 11.6 Å². The zero-order chi connectivity index (χ0) is 15.8. The minimum atomic E-state index is 0.463. The lowest BCUT2D eigenvalue weighted by molar-refractivity contribution is 0.181. The smallest absolute Gasteiger partial charge is 0.254 e. The second-order valence-electron chi connectivity index (χ2n) is 5.56. The number of hydrogen-bond donors (Lipinski definition) is 0. The number of rotatable bonds is 3. The van der Waals surface area contributed by atoms with Crippen LogP contribution in [0.4, 0.5) is 5.82 Å². The first kappa shape index (κ1) is 14.6. The largest absolute Gasteiger partial charge is 0.378 e. The second-order valence-corrected chi connectivity index (χ2v) is 6.41. The highest BCUT2D eigenvalue weighted by molar-refractivity contribution is 9.10. The molecule has 0 saturated carbocycles. The van der Waals surface area contributed by atoms with Crippen molar-refractivity contribution in [3.05, 3.63) is 51.9 Å². The van der Waals surface area contributed by atoms with Gasteiger partial charge in [-0.25, -0.2) is 4.98 Å². The molecule has 1 aromatic carbocycles. The molecule has 0 fully saturated rings. The predicted octanol–water partition coefficient (Wildman–Crippen LogP) is 2.60. The Morgan fingerprint density at radius 3 is 3.13 bits per heavy atom. The van der Waals surface area contributed by atoms with E-state index < -0.39 is 0 Å². The van der Waals surface area contributed by atoms with E-state index in [9.17, 15) is 0 Å². The van der Waals surface area contributed by atoms with Crippen molar-refractivity contribution in [3.8, 4) is 0 Å². The fourth-order valence-electron chi connectivity index (χ4n) is 3.03. The van der Waals surface area contributed by atoms with Gasteiger partial charge in [-0.15, -0.1) is 0 Å². The normalized spacial score (nSPS) is 14.3. The summed E-state index contributed by atoms with van der Waals surface area (Å²) in [5.74, 6) is 1.61. The Labute approximate surface area is 142 Å². The van der Waals surface area contributed by atoms with Crippen LogP contribution >= 0.6 is 15.9 Å². The van der Waals surface area contributed by atoms with E-state index in [0.717, 1.165) is 35.5 Å². The van der Waals surface area contributed by atoms with Crippen molar-refractivity contribution in [2.45, 2.75) is 19.6 Å². The summed E-state index contributed by atoms with van der Waals surface area (Å²) in [4.78, 5) is 11.0. The van der Waals surface area contributed by atoms with Crippen LogP contribution < -0.4 is 4.90 Å². The van der Waals surface area contributed by atoms with E-state index >= 15 is 0 Å². The first-order valence-electron chi connectivity index (χ1n) is 7.46. The molecule has 7 heteroatoms. The third-order valence-electron chi connectivity index (χ3n) is 4.12. The Hall–Kier alpha value is -1.99. The van der Waals surface area contributed by atoms with Crippen LogP contribution in [-0.2, 0) is 24.3 Å². The zero-order valence-corrected chi connectivity index (χ0v) is 14.3. The summed E-state index contributed by atoms with van der Waals surface area (Å²) in [6.45, 7) is 2.24. The standard InChI is InChI=1S/C16H16BrN5O/c1-23-9-12-7-15(22-16(20-12)18-10-19-22)21-6-5-11-3-2-4-14(17)13(11)8-21/h2-4,7,10H,5-6,8-9H2,1H3. The molecule has 6 nitrogen and oxygen atoms in total. The lowest BCUT2D eigenvalue weighted by Crippen LogP contribution is -2.32. The highest BCUT2D eigenvalue weighted by Crippen LogP contribution is 2.29. The molecule has 4 rings (SSSR count). The van der Waals surface area contributed by atoms with Crippen molar-refractivity contribution >= 4 is 27.5 Å². The van der Waals surface area contributed by atoms with E-state index in [1.807, 2.05) is 6.07 Å². The summed E-state index contributed by atoms with van der Waals surface area (Å²) in [5, 5.41) is 4.32. The lowest BCUT2D eigenvalue weighted by atomic mass is 10.00. The van der Waals surface area contributed by atoms with Crippen molar-refractivity contribution in [2.24, 2.45) is 0 Å². The number of nitrogens with zero attached hydrogens (tertiary/aromatic N) is 5. The van der Waals surface area contributed by atoms with Gasteiger partial charge in [0.1, 0.15) is 12.1 Å². The average Bonchev–Trinajstić information content (AvgIpc) is 3.03. The molecule has 0 saturated heterocycles. The van der Waals surface area contributed by atoms with Crippen LogP contribution in [0.3, 0.4) is 0 Å². The van der Waals surface area contributed by atoms with Gasteiger partial charge in [0.25, 0.3) is 5.78 Å². The van der Waals surface area contributed by atoms with Gasteiger partial charge < -0.3 is 9.64 Å². The Bertz CT molecular complexity index is 863. The second kappa shape index (κ2) is 5.90. The van der Waals surface area contributed by atoms with Crippen molar-refractivity contribution in [3.63, 3.8) is 0 Å². The van der Waals surface area contributed by atoms with Gasteiger partial charge in [-0.3, -0.25) is 0 Å². The number of halogens is 1. The molecule has 0 spiro atoms. The minimum Gasteiger partial charge on any atom is -0.378 e. The van der Waals surface area contributed by atoms with Gasteiger partial charge in [0.05, 0.1) is 12.3 Å². The van der Waals surface area contributed by atoms with E-state index in [4.69, 9.17) is 4.74 Å². The zero-order valence-electron chi connectivity index (χ0n) is 12.7. The summed E-state index contributed by atoms with van der Waals surface area (Å²) >= 11 is 3.67. The molecular formula is C16H16BrN5O. The molecule has 0 amide bonds. The molecule has 2 aromatic heterocycles. The molecule has 0 aliphatic carbocycles. The molecule has 1 aliphatic heterocycles. The van der Waals surface area contributed by atoms with Crippen LogP contribution in [0, 0.1) is 0 Å². The number of benzene rings is 1. The fourth-order valence-corrected chi connectivity index (χ4v) is 3.56. The van der Waals surface area contributed by atoms with Gasteiger partial charge in [0.2, 0.25) is 0 Å². The molecule has 1 aliphatic rings. The van der Waals surface area contributed by atoms with Crippen molar-refractivity contribution in [1.29, 1.82) is 0 Å². The van der Waals surface area contributed by atoms with E-state index in [-0.39, 0.29) is 0 Å². The molecule has 23 heavy (non-hydrogen) atoms. The Kier molecular flexibility index (Phi) is 3.74. The minimum absolute atomic E-state index is 0.463. The lowest BCUT2D eigenvalue weighted by Gasteiger charge is -2.31. The van der Waals surface area contributed by atoms with Crippen LogP contribution in [0.25, 0.3) is 5.78 Å². The van der Waals surface area contributed by atoms with Gasteiger partial charge >= 0.3 is 0 Å². The van der Waals surface area contributed by atoms with Crippen LogP contribution in [0.2, 0.25) is 0 Å². The first-order valence-corrected chi connectivity index (χ1v) is 8.25. The average molecular weight is 374 g/mol. The van der Waals surface area contributed by atoms with E-state index in [2.05, 4.69) is 54.1 Å². The Morgan fingerprint density at radius 1 is 1.35 bits per heavy atom. The quantitative estimate of drug-likeness (QED) is 0.706. The van der Waals surface area contributed by atoms with Gasteiger partial charge in [-0.05, 0) is 23.6 Å². The van der Waals surface area contributed by atoms with E-state index in [1.165, 1.54) is 17.5 Å². The first-order chi connectivity index (χ1) is 11.3. The molecular weight excluding hydrogens is 358 g/mol. The molecule has 118 valence electrons. The summed E-state index contributed by atoms with van der Waals surface area (Å²) in [6.07, 6.45) is 2.54. The maximum absolute atomic E-state index is 5.23. The summed E-state index contributed by atoms with van der Waals surface area (Å²) in [6, 6.07) is 8.42. The van der Waals surface area contributed by atoms with Gasteiger partial charge in [0, 0.05) is 30.7 Å². The molecule has 0 N–H and O–H groups in total. The van der Waals surface area contributed by atoms with Gasteiger partial charge in [-0.1, -0.05) is 28.1 Å². The van der Waals surface area contributed by atoms with E-state index in [0.29, 0.717) is 12.4 Å². The SMILES string of the molecule is COCc1cc(N2CCc3cccc(Br)c3C2)n2ncnc2n1. The van der Waals surface area contributed by atoms with Crippen molar-refractivity contribution in [1.82, 2.24) is 19.6 Å². The third-order valence-corrected chi connectivity index (χ3v) is 4.86. The van der Waals surface area contributed by atoms with Gasteiger partial charge in [0.15, 0.2) is 0 Å². The molecule has 0 bridgehead atoms. The van der Waals surface area contributed by atoms with Crippen molar-refractivity contribution < 1.29 is 4.74 Å². The van der Waals surface area contributed by atoms with Crippen LogP contribution in [0.15, 0.2) is 35.1 Å². The Balaban J connectivity index is 1.77. The monoisotopic (exact) mass is 373 g/mol. The number of aromatic nitrogens is 4. The molecule has 0 radical (unpaired) electrons.